The maximum atomic E-state index is 6.87. The van der Waals surface area contributed by atoms with Crippen LogP contribution in [0.2, 0.25) is 0 Å². The van der Waals surface area contributed by atoms with E-state index in [1.807, 2.05) is 0 Å². The van der Waals surface area contributed by atoms with Gasteiger partial charge in [-0.3, -0.25) is 0 Å². The Balaban J connectivity index is 1.84. The molecule has 1 aliphatic heterocycles. The van der Waals surface area contributed by atoms with Crippen molar-refractivity contribution in [2.45, 2.75) is 56.7 Å². The summed E-state index contributed by atoms with van der Waals surface area (Å²) in [4.78, 5) is 0. The lowest BCUT2D eigenvalue weighted by Crippen LogP contribution is -2.11. The van der Waals surface area contributed by atoms with Gasteiger partial charge < -0.3 is 4.74 Å². The van der Waals surface area contributed by atoms with Gasteiger partial charge in [0.25, 0.3) is 0 Å². The molecule has 1 fully saturated rings. The monoisotopic (exact) mass is 356 g/mol. The topological polar surface area (TPSA) is 9.23 Å². The summed E-state index contributed by atoms with van der Waals surface area (Å²) in [5, 5.41) is 0.0949. The second-order valence-electron chi connectivity index (χ2n) is 6.09. The van der Waals surface area contributed by atoms with Gasteiger partial charge in [0.15, 0.2) is 0 Å². The maximum Gasteiger partial charge on any atom is 0.127 e. The van der Waals surface area contributed by atoms with Gasteiger partial charge >= 0.3 is 0 Å². The van der Waals surface area contributed by atoms with Crippen LogP contribution in [0.1, 0.15) is 61.4 Å². The Labute approximate surface area is 135 Å². The van der Waals surface area contributed by atoms with Gasteiger partial charge in [-0.2, -0.15) is 0 Å². The summed E-state index contributed by atoms with van der Waals surface area (Å²) in [6.07, 6.45) is 10.3. The number of halogens is 2. The van der Waals surface area contributed by atoms with E-state index >= 15 is 0 Å². The van der Waals surface area contributed by atoms with Crippen LogP contribution >= 0.6 is 27.5 Å². The molecule has 0 amide bonds. The molecule has 1 nitrogen and oxygen atoms in total. The predicted molar refractivity (Wildman–Crippen MR) is 87.7 cm³/mol. The minimum Gasteiger partial charge on any atom is -0.493 e. The highest BCUT2D eigenvalue weighted by Gasteiger charge is 2.27. The Morgan fingerprint density at radius 1 is 1.10 bits per heavy atom. The number of benzene rings is 1. The summed E-state index contributed by atoms with van der Waals surface area (Å²) in [5.74, 6) is 1.66. The molecule has 1 aliphatic carbocycles. The van der Waals surface area contributed by atoms with Gasteiger partial charge in [-0.1, -0.05) is 48.0 Å². The molecule has 0 saturated heterocycles. The van der Waals surface area contributed by atoms with Crippen LogP contribution < -0.4 is 4.74 Å². The SMILES string of the molecule is ClC(c1cc(Br)cc2c1OCC2)C1CCCCCCC1. The van der Waals surface area contributed by atoms with Gasteiger partial charge in [-0.25, -0.2) is 0 Å². The van der Waals surface area contributed by atoms with Crippen molar-refractivity contribution in [2.24, 2.45) is 5.92 Å². The zero-order valence-electron chi connectivity index (χ0n) is 11.8. The lowest BCUT2D eigenvalue weighted by molar-refractivity contribution is 0.338. The molecule has 0 aromatic heterocycles. The maximum absolute atomic E-state index is 6.87. The van der Waals surface area contributed by atoms with E-state index in [1.54, 1.807) is 0 Å². The molecule has 2 aliphatic rings. The first-order chi connectivity index (χ1) is 9.75. The van der Waals surface area contributed by atoms with E-state index in [4.69, 9.17) is 16.3 Å². The summed E-state index contributed by atoms with van der Waals surface area (Å²) < 4.78 is 6.98. The average Bonchev–Trinajstić information content (AvgIpc) is 2.84. The molecule has 110 valence electrons. The van der Waals surface area contributed by atoms with Crippen LogP contribution in [0.25, 0.3) is 0 Å². The molecule has 0 N–H and O–H groups in total. The summed E-state index contributed by atoms with van der Waals surface area (Å²) in [5.41, 5.74) is 2.52. The molecule has 3 rings (SSSR count). The van der Waals surface area contributed by atoms with Crippen LogP contribution in [0, 0.1) is 5.92 Å². The van der Waals surface area contributed by atoms with E-state index in [2.05, 4.69) is 28.1 Å². The number of hydrogen-bond acceptors (Lipinski definition) is 1. The Bertz CT molecular complexity index is 466. The highest BCUT2D eigenvalue weighted by atomic mass is 79.9. The number of alkyl halides is 1. The molecule has 1 heterocycles. The molecule has 1 saturated carbocycles. The third-order valence-electron chi connectivity index (χ3n) is 4.64. The Morgan fingerprint density at radius 3 is 2.55 bits per heavy atom. The predicted octanol–water partition coefficient (Wildman–Crippen LogP) is 6.02. The second-order valence-corrected chi connectivity index (χ2v) is 7.47. The van der Waals surface area contributed by atoms with E-state index < -0.39 is 0 Å². The molecule has 1 aromatic rings. The fourth-order valence-electron chi connectivity index (χ4n) is 3.54. The van der Waals surface area contributed by atoms with Crippen LogP contribution in [-0.4, -0.2) is 6.61 Å². The fraction of sp³-hybridized carbons (Fsp3) is 0.647. The molecule has 3 heteroatoms. The first-order valence-electron chi connectivity index (χ1n) is 7.85. The first-order valence-corrected chi connectivity index (χ1v) is 9.08. The van der Waals surface area contributed by atoms with Crippen molar-refractivity contribution in [1.29, 1.82) is 0 Å². The van der Waals surface area contributed by atoms with Crippen LogP contribution in [0.4, 0.5) is 0 Å². The Hall–Kier alpha value is -0.210. The second kappa shape index (κ2) is 6.70. The Morgan fingerprint density at radius 2 is 1.80 bits per heavy atom. The molecule has 0 spiro atoms. The van der Waals surface area contributed by atoms with E-state index in [0.717, 1.165) is 23.2 Å². The highest BCUT2D eigenvalue weighted by Crippen LogP contribution is 2.44. The molecule has 20 heavy (non-hydrogen) atoms. The smallest absolute Gasteiger partial charge is 0.127 e. The zero-order valence-corrected chi connectivity index (χ0v) is 14.2. The first kappa shape index (κ1) is 14.7. The minimum atomic E-state index is 0.0949. The number of fused-ring (bicyclic) bond motifs is 1. The molecule has 1 aromatic carbocycles. The number of rotatable bonds is 2. The summed E-state index contributed by atoms with van der Waals surface area (Å²) in [7, 11) is 0. The zero-order chi connectivity index (χ0) is 13.9. The van der Waals surface area contributed by atoms with Crippen LogP contribution in [0.15, 0.2) is 16.6 Å². The summed E-state index contributed by atoms with van der Waals surface area (Å²) in [6, 6.07) is 4.34. The quantitative estimate of drug-likeness (QED) is 0.588. The average molecular weight is 358 g/mol. The molecule has 0 bridgehead atoms. The molecular weight excluding hydrogens is 336 g/mol. The number of ether oxygens (including phenoxy) is 1. The lowest BCUT2D eigenvalue weighted by atomic mass is 9.85. The summed E-state index contributed by atoms with van der Waals surface area (Å²) >= 11 is 10.5. The van der Waals surface area contributed by atoms with E-state index in [-0.39, 0.29) is 5.38 Å². The van der Waals surface area contributed by atoms with Gasteiger partial charge in [0.05, 0.1) is 12.0 Å². The third kappa shape index (κ3) is 3.17. The summed E-state index contributed by atoms with van der Waals surface area (Å²) in [6.45, 7) is 0.799. The van der Waals surface area contributed by atoms with Gasteiger partial charge in [0, 0.05) is 16.5 Å². The van der Waals surface area contributed by atoms with Crippen molar-refractivity contribution >= 4 is 27.5 Å². The van der Waals surface area contributed by atoms with E-state index in [1.165, 1.54) is 56.1 Å². The van der Waals surface area contributed by atoms with E-state index in [0.29, 0.717) is 5.92 Å². The normalized spacial score (nSPS) is 21.7. The van der Waals surface area contributed by atoms with E-state index in [9.17, 15) is 0 Å². The van der Waals surface area contributed by atoms with Crippen molar-refractivity contribution in [2.75, 3.05) is 6.61 Å². The highest BCUT2D eigenvalue weighted by molar-refractivity contribution is 9.10. The third-order valence-corrected chi connectivity index (χ3v) is 5.69. The Kier molecular flexibility index (Phi) is 4.93. The van der Waals surface area contributed by atoms with Gasteiger partial charge in [0.1, 0.15) is 5.75 Å². The largest absolute Gasteiger partial charge is 0.493 e. The molecular formula is C17H22BrClO. The molecule has 0 radical (unpaired) electrons. The van der Waals surface area contributed by atoms with Crippen molar-refractivity contribution in [3.8, 4) is 5.75 Å². The lowest BCUT2D eigenvalue weighted by Gasteiger charge is -2.26. The van der Waals surface area contributed by atoms with Crippen LogP contribution in [0.5, 0.6) is 5.75 Å². The van der Waals surface area contributed by atoms with Gasteiger partial charge in [-0.15, -0.1) is 11.6 Å². The van der Waals surface area contributed by atoms with Crippen molar-refractivity contribution in [3.63, 3.8) is 0 Å². The fourth-order valence-corrected chi connectivity index (χ4v) is 4.47. The molecule has 1 unspecified atom stereocenters. The number of hydrogen-bond donors (Lipinski definition) is 0. The minimum absolute atomic E-state index is 0.0949. The van der Waals surface area contributed by atoms with Crippen molar-refractivity contribution < 1.29 is 4.74 Å². The van der Waals surface area contributed by atoms with Gasteiger partial charge in [0.2, 0.25) is 0 Å². The van der Waals surface area contributed by atoms with Crippen molar-refractivity contribution in [3.05, 3.63) is 27.7 Å². The standard InChI is InChI=1S/C17H22BrClO/c18-14-10-13-8-9-20-17(13)15(11-14)16(19)12-6-4-2-1-3-5-7-12/h10-12,16H,1-9H2. The van der Waals surface area contributed by atoms with Crippen LogP contribution in [0.3, 0.4) is 0 Å². The van der Waals surface area contributed by atoms with Gasteiger partial charge in [-0.05, 0) is 36.5 Å². The van der Waals surface area contributed by atoms with Crippen LogP contribution in [-0.2, 0) is 6.42 Å². The van der Waals surface area contributed by atoms with Crippen molar-refractivity contribution in [1.82, 2.24) is 0 Å². The molecule has 1 atom stereocenters.